The topological polar surface area (TPSA) is 64.5 Å². The highest BCUT2D eigenvalue weighted by atomic mass is 14.9. The van der Waals surface area contributed by atoms with E-state index in [2.05, 4.69) is 205 Å². The van der Waals surface area contributed by atoms with Gasteiger partial charge < -0.3 is 0 Å². The maximum atomic E-state index is 5.36. The summed E-state index contributed by atoms with van der Waals surface area (Å²) in [5, 5.41) is 4.41. The lowest BCUT2D eigenvalue weighted by molar-refractivity contribution is 1.18. The Bertz CT molecular complexity index is 3720. The Labute approximate surface area is 382 Å². The van der Waals surface area contributed by atoms with E-state index in [0.29, 0.717) is 5.82 Å². The molecule has 4 heterocycles. The van der Waals surface area contributed by atoms with Gasteiger partial charge in [0.25, 0.3) is 0 Å². The van der Waals surface area contributed by atoms with Gasteiger partial charge in [0.05, 0.1) is 33.8 Å². The Balaban J connectivity index is 0.895. The van der Waals surface area contributed by atoms with Gasteiger partial charge in [0.2, 0.25) is 0 Å². The first-order valence-corrected chi connectivity index (χ1v) is 22.1. The monoisotopic (exact) mass is 841 g/mol. The summed E-state index contributed by atoms with van der Waals surface area (Å²) in [4.78, 5) is 25.3. The summed E-state index contributed by atoms with van der Waals surface area (Å²) in [6, 6.07) is 78.4. The predicted molar refractivity (Wildman–Crippen MR) is 271 cm³/mol. The van der Waals surface area contributed by atoms with Crippen LogP contribution in [0.5, 0.6) is 0 Å². The van der Waals surface area contributed by atoms with Crippen LogP contribution < -0.4 is 0 Å². The van der Waals surface area contributed by atoms with E-state index in [-0.39, 0.29) is 0 Å². The zero-order valence-corrected chi connectivity index (χ0v) is 35.8. The molecule has 0 aliphatic carbocycles. The number of hydrogen-bond acceptors (Lipinski definition) is 5. The van der Waals surface area contributed by atoms with Crippen molar-refractivity contribution in [1.29, 1.82) is 0 Å². The molecule has 0 radical (unpaired) electrons. The Morgan fingerprint density at radius 2 is 0.803 bits per heavy atom. The second-order valence-corrected chi connectivity index (χ2v) is 16.5. The molecular formula is C61H39N5. The summed E-state index contributed by atoms with van der Waals surface area (Å²) in [6.45, 7) is 0. The van der Waals surface area contributed by atoms with Gasteiger partial charge in [-0.3, -0.25) is 4.98 Å². The normalized spacial score (nSPS) is 11.3. The van der Waals surface area contributed by atoms with Gasteiger partial charge in [-0.1, -0.05) is 194 Å². The third-order valence-electron chi connectivity index (χ3n) is 12.4. The van der Waals surface area contributed by atoms with Crippen molar-refractivity contribution in [2.24, 2.45) is 0 Å². The molecule has 4 aromatic heterocycles. The molecule has 0 atom stereocenters. The molecule has 0 spiro atoms. The molecule has 0 unspecified atom stereocenters. The summed E-state index contributed by atoms with van der Waals surface area (Å²) in [5.41, 5.74) is 17.2. The highest BCUT2D eigenvalue weighted by Gasteiger charge is 2.16. The van der Waals surface area contributed by atoms with Crippen LogP contribution >= 0.6 is 0 Å². The van der Waals surface area contributed by atoms with Crippen LogP contribution in [0.4, 0.5) is 0 Å². The Morgan fingerprint density at radius 3 is 1.52 bits per heavy atom. The molecule has 0 amide bonds. The quantitative estimate of drug-likeness (QED) is 0.143. The van der Waals surface area contributed by atoms with Crippen LogP contribution in [0.15, 0.2) is 237 Å². The van der Waals surface area contributed by atoms with Gasteiger partial charge in [-0.15, -0.1) is 0 Å². The standard InChI is InChI=1S/C61H39N5/c1-4-12-42(13-5-1)53-37-56(64-60-52(53)32-30-47-31-33-55(63-59(47)60)44-14-6-2-7-15-44)45-26-22-40(23-27-45)41-24-28-46(29-25-41)57-38-58(66-61(65-57)48-16-8-3-9-17-48)50-20-10-19-49(36-50)51-21-11-18-43-34-35-62-39-54(43)51/h1-39H. The third-order valence-corrected chi connectivity index (χ3v) is 12.4. The molecule has 8 aromatic carbocycles. The molecular weight excluding hydrogens is 803 g/mol. The maximum Gasteiger partial charge on any atom is 0.160 e. The minimum atomic E-state index is 0.681. The number of fused-ring (bicyclic) bond motifs is 4. The Hall–Kier alpha value is -8.93. The van der Waals surface area contributed by atoms with Crippen LogP contribution in [0.1, 0.15) is 0 Å². The van der Waals surface area contributed by atoms with Crippen LogP contribution in [0.2, 0.25) is 0 Å². The predicted octanol–water partition coefficient (Wildman–Crippen LogP) is 15.5. The number of benzene rings is 8. The number of pyridine rings is 3. The highest BCUT2D eigenvalue weighted by molar-refractivity contribution is 6.09. The summed E-state index contributed by atoms with van der Waals surface area (Å²) < 4.78 is 0. The van der Waals surface area contributed by atoms with Crippen molar-refractivity contribution in [2.75, 3.05) is 0 Å². The van der Waals surface area contributed by atoms with E-state index in [9.17, 15) is 0 Å². The van der Waals surface area contributed by atoms with Gasteiger partial charge in [0, 0.05) is 56.4 Å². The van der Waals surface area contributed by atoms with Crippen molar-refractivity contribution < 1.29 is 0 Å². The lowest BCUT2D eigenvalue weighted by Gasteiger charge is -2.13. The molecule has 0 saturated carbocycles. The van der Waals surface area contributed by atoms with Crippen molar-refractivity contribution >= 4 is 32.6 Å². The number of nitrogens with zero attached hydrogens (tertiary/aromatic N) is 5. The number of rotatable bonds is 8. The van der Waals surface area contributed by atoms with Crippen molar-refractivity contribution in [3.63, 3.8) is 0 Å². The Kier molecular flexibility index (Phi) is 9.77. The summed E-state index contributed by atoms with van der Waals surface area (Å²) in [5.74, 6) is 0.681. The smallest absolute Gasteiger partial charge is 0.160 e. The van der Waals surface area contributed by atoms with Crippen LogP contribution in [-0.4, -0.2) is 24.9 Å². The van der Waals surface area contributed by atoms with Crippen LogP contribution in [0.3, 0.4) is 0 Å². The maximum absolute atomic E-state index is 5.36. The van der Waals surface area contributed by atoms with E-state index in [1.165, 1.54) is 0 Å². The fourth-order valence-electron chi connectivity index (χ4n) is 8.98. The van der Waals surface area contributed by atoms with Gasteiger partial charge in [0.15, 0.2) is 5.82 Å². The van der Waals surface area contributed by atoms with E-state index in [4.69, 9.17) is 19.9 Å². The van der Waals surface area contributed by atoms with Crippen molar-refractivity contribution in [2.45, 2.75) is 0 Å². The first-order chi connectivity index (χ1) is 32.7. The molecule has 12 aromatic rings. The molecule has 0 saturated heterocycles. The van der Waals surface area contributed by atoms with Crippen molar-refractivity contribution in [3.05, 3.63) is 237 Å². The molecule has 5 nitrogen and oxygen atoms in total. The first kappa shape index (κ1) is 38.7. The largest absolute Gasteiger partial charge is 0.264 e. The molecule has 308 valence electrons. The van der Waals surface area contributed by atoms with Crippen LogP contribution in [0, 0.1) is 0 Å². The van der Waals surface area contributed by atoms with Gasteiger partial charge in [-0.25, -0.2) is 19.9 Å². The van der Waals surface area contributed by atoms with E-state index in [0.717, 1.165) is 117 Å². The zero-order valence-electron chi connectivity index (χ0n) is 35.8. The molecule has 0 bridgehead atoms. The molecule has 5 heteroatoms. The highest BCUT2D eigenvalue weighted by Crippen LogP contribution is 2.38. The average molecular weight is 842 g/mol. The fraction of sp³-hybridized carbons (Fsp3) is 0. The molecule has 12 rings (SSSR count). The minimum Gasteiger partial charge on any atom is -0.264 e. The lowest BCUT2D eigenvalue weighted by atomic mass is 9.96. The average Bonchev–Trinajstić information content (AvgIpc) is 3.41. The second kappa shape index (κ2) is 16.6. The molecule has 0 aliphatic rings. The minimum absolute atomic E-state index is 0.681. The summed E-state index contributed by atoms with van der Waals surface area (Å²) in [6.07, 6.45) is 3.78. The molecule has 0 aliphatic heterocycles. The van der Waals surface area contributed by atoms with Gasteiger partial charge in [-0.05, 0) is 69.1 Å². The van der Waals surface area contributed by atoms with Gasteiger partial charge in [-0.2, -0.15) is 0 Å². The van der Waals surface area contributed by atoms with E-state index in [1.54, 1.807) is 0 Å². The third kappa shape index (κ3) is 7.34. The zero-order chi connectivity index (χ0) is 43.8. The first-order valence-electron chi connectivity index (χ1n) is 22.1. The van der Waals surface area contributed by atoms with E-state index < -0.39 is 0 Å². The van der Waals surface area contributed by atoms with Gasteiger partial charge >= 0.3 is 0 Å². The number of hydrogen-bond donors (Lipinski definition) is 0. The van der Waals surface area contributed by atoms with Crippen molar-refractivity contribution in [1.82, 2.24) is 24.9 Å². The summed E-state index contributed by atoms with van der Waals surface area (Å²) in [7, 11) is 0. The molecule has 0 N–H and O–H groups in total. The molecule has 66 heavy (non-hydrogen) atoms. The van der Waals surface area contributed by atoms with E-state index >= 15 is 0 Å². The molecule has 0 fully saturated rings. The Morgan fingerprint density at radius 1 is 0.258 bits per heavy atom. The summed E-state index contributed by atoms with van der Waals surface area (Å²) >= 11 is 0. The number of aromatic nitrogens is 5. The SMILES string of the molecule is c1ccc(-c2ccc3ccc4c(-c5ccccc5)cc(-c5ccc(-c6ccc(-c7cc(-c8cccc(-c9cccc%10ccncc9%10)c8)nc(-c8ccccc8)n7)cc6)cc5)nc4c3n2)cc1. The van der Waals surface area contributed by atoms with Crippen LogP contribution in [0.25, 0.3) is 122 Å². The van der Waals surface area contributed by atoms with Crippen molar-refractivity contribution in [3.8, 4) is 89.8 Å². The van der Waals surface area contributed by atoms with Crippen LogP contribution in [-0.2, 0) is 0 Å². The van der Waals surface area contributed by atoms with E-state index in [1.807, 2.05) is 36.7 Å². The fourth-order valence-corrected chi connectivity index (χ4v) is 8.98. The second-order valence-electron chi connectivity index (χ2n) is 16.5. The lowest BCUT2D eigenvalue weighted by Crippen LogP contribution is -1.96. The van der Waals surface area contributed by atoms with Gasteiger partial charge in [0.1, 0.15) is 0 Å².